The summed E-state index contributed by atoms with van der Waals surface area (Å²) in [6, 6.07) is 11.7. The van der Waals surface area contributed by atoms with Crippen LogP contribution in [0.1, 0.15) is 83.1 Å². The monoisotopic (exact) mass is 558 g/mol. The topological polar surface area (TPSA) is 95.2 Å². The maximum Gasteiger partial charge on any atom is 0.325 e. The fourth-order valence-electron chi connectivity index (χ4n) is 7.81. The number of ether oxygens (including phenoxy) is 1. The van der Waals surface area contributed by atoms with Gasteiger partial charge in [-0.1, -0.05) is 57.1 Å². The first-order chi connectivity index (χ1) is 20.0. The van der Waals surface area contributed by atoms with Crippen LogP contribution in [0, 0.1) is 11.8 Å². The summed E-state index contributed by atoms with van der Waals surface area (Å²) >= 11 is 0. The number of carbonyl (C=O) groups excluding carboxylic acids is 1. The lowest BCUT2D eigenvalue weighted by molar-refractivity contribution is -0.141. The molecule has 4 fully saturated rings. The van der Waals surface area contributed by atoms with Crippen molar-refractivity contribution in [2.24, 2.45) is 11.8 Å². The zero-order valence-corrected chi connectivity index (χ0v) is 24.1. The van der Waals surface area contributed by atoms with E-state index in [0.29, 0.717) is 17.6 Å². The van der Waals surface area contributed by atoms with E-state index in [4.69, 9.17) is 0 Å². The Kier molecular flexibility index (Phi) is 8.37. The highest BCUT2D eigenvalue weighted by Gasteiger charge is 2.34. The van der Waals surface area contributed by atoms with Crippen LogP contribution in [0.15, 0.2) is 52.2 Å². The third-order valence-corrected chi connectivity index (χ3v) is 9.77. The molecule has 1 aromatic carbocycles. The first kappa shape index (κ1) is 27.9. The summed E-state index contributed by atoms with van der Waals surface area (Å²) in [4.78, 5) is 43.2. The Morgan fingerprint density at radius 2 is 1.54 bits per heavy atom. The predicted octanol–water partition coefficient (Wildman–Crippen LogP) is 5.22. The SMILES string of the molecule is C1CC2CCCC(C1)C2.COC(=O)Cn1cccc(-c2nc3ccccc3n(C3CC4CCCC(C3)N4)c2=O)c1=O. The first-order valence-corrected chi connectivity index (χ1v) is 15.5. The lowest BCUT2D eigenvalue weighted by Crippen LogP contribution is -2.50. The van der Waals surface area contributed by atoms with Crippen molar-refractivity contribution in [3.63, 3.8) is 0 Å². The number of pyridine rings is 1. The van der Waals surface area contributed by atoms with E-state index in [-0.39, 0.29) is 29.4 Å². The van der Waals surface area contributed by atoms with Crippen molar-refractivity contribution in [1.82, 2.24) is 19.4 Å². The Balaban J connectivity index is 0.000000283. The second-order valence-corrected chi connectivity index (χ2v) is 12.5. The van der Waals surface area contributed by atoms with Gasteiger partial charge in [0.1, 0.15) is 12.2 Å². The largest absolute Gasteiger partial charge is 0.468 e. The molecule has 218 valence electrons. The number of esters is 1. The van der Waals surface area contributed by atoms with E-state index in [0.717, 1.165) is 43.0 Å². The highest BCUT2D eigenvalue weighted by atomic mass is 16.5. The van der Waals surface area contributed by atoms with Crippen molar-refractivity contribution in [2.45, 2.75) is 102 Å². The fourth-order valence-corrected chi connectivity index (χ4v) is 7.81. The van der Waals surface area contributed by atoms with Crippen LogP contribution in [-0.2, 0) is 16.1 Å². The van der Waals surface area contributed by atoms with Crippen molar-refractivity contribution in [3.05, 3.63) is 63.3 Å². The van der Waals surface area contributed by atoms with E-state index in [1.54, 1.807) is 44.2 Å². The molecular formula is C33H42N4O4. The Hall–Kier alpha value is -3.26. The lowest BCUT2D eigenvalue weighted by atomic mass is 9.72. The summed E-state index contributed by atoms with van der Waals surface area (Å²) in [6.07, 6.45) is 17.6. The molecule has 2 saturated heterocycles. The average molecular weight is 559 g/mol. The molecule has 2 atom stereocenters. The lowest BCUT2D eigenvalue weighted by Gasteiger charge is -2.41. The van der Waals surface area contributed by atoms with Gasteiger partial charge >= 0.3 is 5.97 Å². The molecule has 3 aromatic rings. The van der Waals surface area contributed by atoms with Crippen LogP contribution in [0.3, 0.4) is 0 Å². The van der Waals surface area contributed by atoms with Gasteiger partial charge in [-0.25, -0.2) is 4.98 Å². The molecule has 4 bridgehead atoms. The number of piperidine rings is 2. The molecule has 4 aliphatic rings. The highest BCUT2D eigenvalue weighted by molar-refractivity contribution is 5.78. The normalized spacial score (nSPS) is 27.0. The Morgan fingerprint density at radius 1 is 0.878 bits per heavy atom. The average Bonchev–Trinajstić information content (AvgIpc) is 2.98. The molecule has 8 heteroatoms. The molecule has 0 radical (unpaired) electrons. The standard InChI is InChI=1S/C24H26N4O4.C9H16/c1-32-21(29)14-27-11-5-8-18(23(27)30)22-24(31)28(20-10-3-2-9-19(20)26-22)17-12-15-6-4-7-16(13-17)25-15;1-3-8-5-2-6-9(4-1)7-8/h2-3,5,8-11,15-17,25H,4,6-7,12-14H2,1H3;8-9H,1-7H2. The van der Waals surface area contributed by atoms with Gasteiger partial charge in [0.15, 0.2) is 0 Å². The molecule has 1 N–H and O–H groups in total. The van der Waals surface area contributed by atoms with E-state index in [1.165, 1.54) is 37.1 Å². The molecule has 0 spiro atoms. The van der Waals surface area contributed by atoms with Crippen LogP contribution >= 0.6 is 0 Å². The second kappa shape index (κ2) is 12.3. The molecule has 2 saturated carbocycles. The number of aromatic nitrogens is 3. The summed E-state index contributed by atoms with van der Waals surface area (Å²) < 4.78 is 7.78. The van der Waals surface area contributed by atoms with Crippen molar-refractivity contribution in [1.29, 1.82) is 0 Å². The molecule has 41 heavy (non-hydrogen) atoms. The van der Waals surface area contributed by atoms with Gasteiger partial charge < -0.3 is 19.2 Å². The number of methoxy groups -OCH3 is 1. The minimum absolute atomic E-state index is 0.0479. The first-order valence-electron chi connectivity index (χ1n) is 15.5. The maximum absolute atomic E-state index is 13.8. The third-order valence-electron chi connectivity index (χ3n) is 9.77. The quantitative estimate of drug-likeness (QED) is 0.441. The van der Waals surface area contributed by atoms with Crippen molar-refractivity contribution in [3.8, 4) is 11.3 Å². The molecular weight excluding hydrogens is 516 g/mol. The number of para-hydroxylation sites is 2. The summed E-state index contributed by atoms with van der Waals surface area (Å²) in [5.41, 5.74) is 1.07. The van der Waals surface area contributed by atoms with Gasteiger partial charge in [0.25, 0.3) is 11.1 Å². The van der Waals surface area contributed by atoms with Crippen molar-refractivity contribution < 1.29 is 9.53 Å². The number of carbonyl (C=O) groups is 1. The molecule has 7 rings (SSSR count). The van der Waals surface area contributed by atoms with Gasteiger partial charge in [0, 0.05) is 24.3 Å². The Morgan fingerprint density at radius 3 is 2.20 bits per heavy atom. The third kappa shape index (κ3) is 6.03. The second-order valence-electron chi connectivity index (χ2n) is 12.5. The van der Waals surface area contributed by atoms with Crippen LogP contribution in [0.2, 0.25) is 0 Å². The van der Waals surface area contributed by atoms with Crippen molar-refractivity contribution >= 4 is 17.0 Å². The van der Waals surface area contributed by atoms with Crippen LogP contribution in [0.5, 0.6) is 0 Å². The molecule has 2 aliphatic carbocycles. The highest BCUT2D eigenvalue weighted by Crippen LogP contribution is 2.39. The molecule has 0 amide bonds. The molecule has 2 aromatic heterocycles. The number of fused-ring (bicyclic) bond motifs is 5. The number of nitrogens with zero attached hydrogens (tertiary/aromatic N) is 3. The zero-order chi connectivity index (χ0) is 28.3. The number of rotatable bonds is 4. The van der Waals surface area contributed by atoms with Gasteiger partial charge in [0.05, 0.1) is 23.7 Å². The zero-order valence-electron chi connectivity index (χ0n) is 24.1. The van der Waals surface area contributed by atoms with E-state index < -0.39 is 11.5 Å². The van der Waals surface area contributed by atoms with E-state index in [1.807, 2.05) is 28.8 Å². The number of benzene rings is 1. The predicted molar refractivity (Wildman–Crippen MR) is 160 cm³/mol. The summed E-state index contributed by atoms with van der Waals surface area (Å²) in [5, 5.41) is 3.68. The summed E-state index contributed by atoms with van der Waals surface area (Å²) in [7, 11) is 1.27. The van der Waals surface area contributed by atoms with Gasteiger partial charge in [-0.2, -0.15) is 0 Å². The van der Waals surface area contributed by atoms with Gasteiger partial charge in [-0.15, -0.1) is 0 Å². The van der Waals surface area contributed by atoms with Gasteiger partial charge in [0.2, 0.25) is 0 Å². The number of nitrogens with one attached hydrogen (secondary N) is 1. The van der Waals surface area contributed by atoms with Crippen LogP contribution in [0.25, 0.3) is 22.3 Å². The van der Waals surface area contributed by atoms with Gasteiger partial charge in [-0.3, -0.25) is 14.4 Å². The van der Waals surface area contributed by atoms with Crippen LogP contribution < -0.4 is 16.4 Å². The molecule has 4 heterocycles. The number of hydrogen-bond donors (Lipinski definition) is 1. The molecule has 8 nitrogen and oxygen atoms in total. The van der Waals surface area contributed by atoms with E-state index in [2.05, 4.69) is 15.0 Å². The minimum atomic E-state index is -0.533. The van der Waals surface area contributed by atoms with Crippen LogP contribution in [-0.4, -0.2) is 39.3 Å². The minimum Gasteiger partial charge on any atom is -0.468 e. The van der Waals surface area contributed by atoms with E-state index in [9.17, 15) is 14.4 Å². The van der Waals surface area contributed by atoms with Crippen LogP contribution in [0.4, 0.5) is 0 Å². The number of hydrogen-bond acceptors (Lipinski definition) is 6. The van der Waals surface area contributed by atoms with Gasteiger partial charge in [-0.05, 0) is 68.2 Å². The Labute approximate surface area is 241 Å². The molecule has 2 aliphatic heterocycles. The fraction of sp³-hybridized carbons (Fsp3) is 0.576. The van der Waals surface area contributed by atoms with Crippen molar-refractivity contribution in [2.75, 3.05) is 7.11 Å². The smallest absolute Gasteiger partial charge is 0.325 e. The summed E-state index contributed by atoms with van der Waals surface area (Å²) in [5.74, 6) is 1.77. The maximum atomic E-state index is 13.8. The Bertz CT molecular complexity index is 1480. The molecule has 2 unspecified atom stereocenters. The van der Waals surface area contributed by atoms with E-state index >= 15 is 0 Å². The summed E-state index contributed by atoms with van der Waals surface area (Å²) in [6.45, 7) is -0.220.